The zero-order valence-electron chi connectivity index (χ0n) is 7.21. The van der Waals surface area contributed by atoms with Crippen molar-refractivity contribution in [1.29, 1.82) is 0 Å². The van der Waals surface area contributed by atoms with Crippen LogP contribution in [0.15, 0.2) is 0 Å². The summed E-state index contributed by atoms with van der Waals surface area (Å²) in [6.07, 6.45) is 2.23. The molecule has 2 saturated heterocycles. The zero-order chi connectivity index (χ0) is 8.02. The molecular formula is C9H15NO2. The Bertz CT molecular complexity index is 175. The minimum absolute atomic E-state index is 0.155. The van der Waals surface area contributed by atoms with Crippen LogP contribution < -0.4 is 5.32 Å². The highest BCUT2D eigenvalue weighted by molar-refractivity contribution is 4.96. The Hall–Kier alpha value is -0.120. The topological polar surface area (TPSA) is 30.5 Å². The van der Waals surface area contributed by atoms with Gasteiger partial charge in [0.2, 0.25) is 0 Å². The van der Waals surface area contributed by atoms with Gasteiger partial charge in [-0.25, -0.2) is 0 Å². The van der Waals surface area contributed by atoms with Crippen molar-refractivity contribution in [3.05, 3.63) is 0 Å². The van der Waals surface area contributed by atoms with E-state index in [0.717, 1.165) is 37.9 Å². The van der Waals surface area contributed by atoms with Gasteiger partial charge in [0.05, 0.1) is 13.2 Å². The molecule has 3 heteroatoms. The molecule has 0 radical (unpaired) electrons. The molecule has 1 saturated carbocycles. The van der Waals surface area contributed by atoms with Crippen molar-refractivity contribution >= 4 is 0 Å². The fourth-order valence-corrected chi connectivity index (χ4v) is 2.88. The molecule has 3 nitrogen and oxygen atoms in total. The average Bonchev–Trinajstić information content (AvgIpc) is 2.66. The van der Waals surface area contributed by atoms with E-state index in [-0.39, 0.29) is 5.79 Å². The van der Waals surface area contributed by atoms with Gasteiger partial charge in [-0.2, -0.15) is 0 Å². The highest BCUT2D eigenvalue weighted by atomic mass is 16.7. The lowest BCUT2D eigenvalue weighted by atomic mass is 10.0. The monoisotopic (exact) mass is 169 g/mol. The summed E-state index contributed by atoms with van der Waals surface area (Å²) in [4.78, 5) is 0. The summed E-state index contributed by atoms with van der Waals surface area (Å²) in [6, 6.07) is 0. The highest BCUT2D eigenvalue weighted by Gasteiger charge is 2.50. The van der Waals surface area contributed by atoms with Crippen molar-refractivity contribution in [3.8, 4) is 0 Å². The van der Waals surface area contributed by atoms with Gasteiger partial charge in [0.1, 0.15) is 0 Å². The van der Waals surface area contributed by atoms with Crippen LogP contribution in [0.25, 0.3) is 0 Å². The summed E-state index contributed by atoms with van der Waals surface area (Å²) in [5.74, 6) is 1.46. The average molecular weight is 169 g/mol. The van der Waals surface area contributed by atoms with Gasteiger partial charge in [-0.1, -0.05) is 0 Å². The summed E-state index contributed by atoms with van der Waals surface area (Å²) in [5, 5.41) is 3.42. The molecule has 0 aromatic heterocycles. The number of ether oxygens (including phenoxy) is 2. The predicted molar refractivity (Wildman–Crippen MR) is 43.7 cm³/mol. The fourth-order valence-electron chi connectivity index (χ4n) is 2.88. The second-order valence-corrected chi connectivity index (χ2v) is 4.19. The molecule has 1 aliphatic carbocycles. The molecule has 0 aromatic carbocycles. The van der Waals surface area contributed by atoms with E-state index in [2.05, 4.69) is 5.32 Å². The molecular weight excluding hydrogens is 154 g/mol. The van der Waals surface area contributed by atoms with Crippen molar-refractivity contribution in [2.45, 2.75) is 18.6 Å². The summed E-state index contributed by atoms with van der Waals surface area (Å²) in [5.41, 5.74) is 0. The highest BCUT2D eigenvalue weighted by Crippen LogP contribution is 2.45. The standard InChI is InChI=1S/C9H15NO2/c1-2-12-9(11-1)3-7-5-10-6-8(7)4-9/h7-8,10H,1-6H2. The second kappa shape index (κ2) is 2.44. The van der Waals surface area contributed by atoms with Crippen LogP contribution in [0.2, 0.25) is 0 Å². The molecule has 1 spiro atoms. The van der Waals surface area contributed by atoms with E-state index in [4.69, 9.17) is 9.47 Å². The van der Waals surface area contributed by atoms with E-state index >= 15 is 0 Å². The van der Waals surface area contributed by atoms with Crippen LogP contribution in [0, 0.1) is 11.8 Å². The Morgan fingerprint density at radius 2 is 1.58 bits per heavy atom. The molecule has 2 atom stereocenters. The lowest BCUT2D eigenvalue weighted by molar-refractivity contribution is -0.154. The number of hydrogen-bond acceptors (Lipinski definition) is 3. The van der Waals surface area contributed by atoms with Gasteiger partial charge in [-0.05, 0) is 24.9 Å². The molecule has 1 N–H and O–H groups in total. The molecule has 2 aliphatic heterocycles. The number of hydrogen-bond donors (Lipinski definition) is 1. The van der Waals surface area contributed by atoms with Gasteiger partial charge >= 0.3 is 0 Å². The van der Waals surface area contributed by atoms with Crippen molar-refractivity contribution in [3.63, 3.8) is 0 Å². The number of nitrogens with one attached hydrogen (secondary N) is 1. The van der Waals surface area contributed by atoms with Gasteiger partial charge in [-0.15, -0.1) is 0 Å². The molecule has 3 aliphatic rings. The van der Waals surface area contributed by atoms with Crippen LogP contribution in [0.1, 0.15) is 12.8 Å². The van der Waals surface area contributed by atoms with Gasteiger partial charge in [0, 0.05) is 12.8 Å². The molecule has 12 heavy (non-hydrogen) atoms. The minimum atomic E-state index is -0.155. The summed E-state index contributed by atoms with van der Waals surface area (Å²) < 4.78 is 11.4. The van der Waals surface area contributed by atoms with Gasteiger partial charge in [0.15, 0.2) is 5.79 Å². The first-order valence-electron chi connectivity index (χ1n) is 4.87. The maximum atomic E-state index is 5.69. The molecule has 0 bridgehead atoms. The van der Waals surface area contributed by atoms with Gasteiger partial charge in [0.25, 0.3) is 0 Å². The third kappa shape index (κ3) is 0.934. The largest absolute Gasteiger partial charge is 0.348 e. The van der Waals surface area contributed by atoms with Crippen molar-refractivity contribution < 1.29 is 9.47 Å². The SMILES string of the molecule is C1COC2(CC3CNCC3C2)O1. The Labute approximate surface area is 72.4 Å². The minimum Gasteiger partial charge on any atom is -0.348 e. The molecule has 2 unspecified atom stereocenters. The lowest BCUT2D eigenvalue weighted by Crippen LogP contribution is -2.29. The Balaban J connectivity index is 1.77. The maximum absolute atomic E-state index is 5.69. The van der Waals surface area contributed by atoms with Gasteiger partial charge in [-0.3, -0.25) is 0 Å². The quantitative estimate of drug-likeness (QED) is 0.568. The second-order valence-electron chi connectivity index (χ2n) is 4.19. The fraction of sp³-hybridized carbons (Fsp3) is 1.00. The van der Waals surface area contributed by atoms with Crippen LogP contribution in [-0.2, 0) is 9.47 Å². The van der Waals surface area contributed by atoms with Crippen LogP contribution in [-0.4, -0.2) is 32.1 Å². The zero-order valence-corrected chi connectivity index (χ0v) is 7.21. The van der Waals surface area contributed by atoms with E-state index < -0.39 is 0 Å². The Morgan fingerprint density at radius 1 is 1.00 bits per heavy atom. The summed E-state index contributed by atoms with van der Waals surface area (Å²) in [6.45, 7) is 3.93. The number of fused-ring (bicyclic) bond motifs is 1. The lowest BCUT2D eigenvalue weighted by Gasteiger charge is -2.22. The maximum Gasteiger partial charge on any atom is 0.169 e. The predicted octanol–water partition coefficient (Wildman–Crippen LogP) is 0.359. The van der Waals surface area contributed by atoms with Crippen LogP contribution in [0.3, 0.4) is 0 Å². The molecule has 3 fully saturated rings. The molecule has 68 valence electrons. The van der Waals surface area contributed by atoms with E-state index in [0.29, 0.717) is 0 Å². The van der Waals surface area contributed by atoms with E-state index in [1.54, 1.807) is 0 Å². The molecule has 0 aromatic rings. The summed E-state index contributed by atoms with van der Waals surface area (Å²) in [7, 11) is 0. The van der Waals surface area contributed by atoms with Crippen LogP contribution >= 0.6 is 0 Å². The van der Waals surface area contributed by atoms with E-state index in [1.165, 1.54) is 13.1 Å². The van der Waals surface area contributed by atoms with Crippen LogP contribution in [0.5, 0.6) is 0 Å². The Morgan fingerprint density at radius 3 is 2.17 bits per heavy atom. The van der Waals surface area contributed by atoms with Crippen molar-refractivity contribution in [1.82, 2.24) is 5.32 Å². The van der Waals surface area contributed by atoms with E-state index in [9.17, 15) is 0 Å². The first kappa shape index (κ1) is 7.30. The summed E-state index contributed by atoms with van der Waals surface area (Å²) >= 11 is 0. The molecule has 0 amide bonds. The smallest absolute Gasteiger partial charge is 0.169 e. The Kier molecular flexibility index (Phi) is 1.48. The van der Waals surface area contributed by atoms with Crippen molar-refractivity contribution in [2.75, 3.05) is 26.3 Å². The van der Waals surface area contributed by atoms with Crippen molar-refractivity contribution in [2.24, 2.45) is 11.8 Å². The van der Waals surface area contributed by atoms with E-state index in [1.807, 2.05) is 0 Å². The third-order valence-electron chi connectivity index (χ3n) is 3.44. The van der Waals surface area contributed by atoms with Gasteiger partial charge < -0.3 is 14.8 Å². The third-order valence-corrected chi connectivity index (χ3v) is 3.44. The first-order chi connectivity index (χ1) is 5.88. The normalized spacial score (nSPS) is 44.0. The molecule has 3 rings (SSSR count). The van der Waals surface area contributed by atoms with Crippen LogP contribution in [0.4, 0.5) is 0 Å². The molecule has 2 heterocycles. The number of rotatable bonds is 0. The first-order valence-corrected chi connectivity index (χ1v) is 4.87.